The molecule has 6 aromatic rings. The van der Waals surface area contributed by atoms with Crippen molar-refractivity contribution in [3.05, 3.63) is 115 Å². The summed E-state index contributed by atoms with van der Waals surface area (Å²) in [5.74, 6) is 0.293. The molecule has 0 saturated carbocycles. The van der Waals surface area contributed by atoms with Gasteiger partial charge in [0.2, 0.25) is 0 Å². The largest absolute Gasteiger partial charge is 0.507 e. The van der Waals surface area contributed by atoms with E-state index in [9.17, 15) is 5.11 Å². The van der Waals surface area contributed by atoms with Crippen LogP contribution in [0.5, 0.6) is 5.75 Å². The lowest BCUT2D eigenvalue weighted by atomic mass is 9.97. The Bertz CT molecular complexity index is 1610. The number of phenolic OH excluding ortho intramolecular Hbond substituents is 1. The van der Waals surface area contributed by atoms with Crippen molar-refractivity contribution in [1.82, 2.24) is 4.57 Å². The predicted molar refractivity (Wildman–Crippen MR) is 138 cm³/mol. The summed E-state index contributed by atoms with van der Waals surface area (Å²) in [5, 5.41) is 13.4. The molecule has 0 aliphatic carbocycles. The first kappa shape index (κ1) is 19.2. The summed E-state index contributed by atoms with van der Waals surface area (Å²) in [6, 6.07) is 38.6. The highest BCUT2D eigenvalue weighted by atomic mass is 16.3. The van der Waals surface area contributed by atoms with Crippen LogP contribution in [0.2, 0.25) is 0 Å². The van der Waals surface area contributed by atoms with Crippen LogP contribution in [0, 0.1) is 0 Å². The van der Waals surface area contributed by atoms with Gasteiger partial charge in [-0.05, 0) is 41.5 Å². The monoisotopic (exact) mass is 426 g/mol. The number of phenols is 1. The van der Waals surface area contributed by atoms with E-state index in [1.165, 1.54) is 10.8 Å². The molecule has 3 heteroatoms. The summed E-state index contributed by atoms with van der Waals surface area (Å²) in [6.45, 7) is 0. The molecule has 6 rings (SSSR count). The quantitative estimate of drug-likeness (QED) is 0.290. The maximum absolute atomic E-state index is 11.0. The summed E-state index contributed by atoms with van der Waals surface area (Å²) in [7, 11) is 0. The number of benzene rings is 5. The Morgan fingerprint density at radius 1 is 0.545 bits per heavy atom. The Kier molecular flexibility index (Phi) is 4.41. The second-order valence-electron chi connectivity index (χ2n) is 8.24. The van der Waals surface area contributed by atoms with E-state index < -0.39 is 0 Å². The first-order valence-corrected chi connectivity index (χ1v) is 11.0. The molecule has 0 aliphatic rings. The van der Waals surface area contributed by atoms with Crippen LogP contribution in [0.25, 0.3) is 49.7 Å². The Hall–Kier alpha value is -4.50. The van der Waals surface area contributed by atoms with Gasteiger partial charge in [0.25, 0.3) is 0 Å². The molecule has 0 bridgehead atoms. The van der Waals surface area contributed by atoms with Gasteiger partial charge in [0.1, 0.15) is 5.75 Å². The summed E-state index contributed by atoms with van der Waals surface area (Å²) in [4.78, 5) is 0. The van der Waals surface area contributed by atoms with Crippen LogP contribution < -0.4 is 5.73 Å². The number of hydrogen-bond donors (Lipinski definition) is 2. The first-order valence-electron chi connectivity index (χ1n) is 11.0. The fourth-order valence-corrected chi connectivity index (χ4v) is 4.68. The lowest BCUT2D eigenvalue weighted by molar-refractivity contribution is 0.479. The fraction of sp³-hybridized carbons (Fsp3) is 0. The van der Waals surface area contributed by atoms with Crippen molar-refractivity contribution in [1.29, 1.82) is 0 Å². The van der Waals surface area contributed by atoms with Gasteiger partial charge in [0.15, 0.2) is 0 Å². The normalized spacial score (nSPS) is 11.3. The summed E-state index contributed by atoms with van der Waals surface area (Å²) in [5.41, 5.74) is 13.7. The zero-order valence-corrected chi connectivity index (χ0v) is 17.9. The molecule has 158 valence electrons. The van der Waals surface area contributed by atoms with Gasteiger partial charge >= 0.3 is 0 Å². The molecule has 3 N–H and O–H groups in total. The molecule has 0 amide bonds. The van der Waals surface area contributed by atoms with Gasteiger partial charge in [-0.15, -0.1) is 0 Å². The number of para-hydroxylation sites is 2. The number of hydrogen-bond acceptors (Lipinski definition) is 2. The zero-order valence-electron chi connectivity index (χ0n) is 17.9. The molecule has 1 heterocycles. The maximum atomic E-state index is 11.0. The van der Waals surface area contributed by atoms with Gasteiger partial charge in [-0.2, -0.15) is 0 Å². The van der Waals surface area contributed by atoms with Crippen LogP contribution in [0.4, 0.5) is 5.69 Å². The van der Waals surface area contributed by atoms with Crippen molar-refractivity contribution in [3.63, 3.8) is 0 Å². The van der Waals surface area contributed by atoms with Crippen LogP contribution in [0.3, 0.4) is 0 Å². The number of nitrogen functional groups attached to an aromatic ring is 1. The average molecular weight is 427 g/mol. The minimum absolute atomic E-state index is 0.293. The smallest absolute Gasteiger partial charge is 0.131 e. The summed E-state index contributed by atoms with van der Waals surface area (Å²) in [6.07, 6.45) is 0. The molecule has 1 aromatic heterocycles. The lowest BCUT2D eigenvalue weighted by Crippen LogP contribution is -1.94. The fourth-order valence-electron chi connectivity index (χ4n) is 4.68. The highest BCUT2D eigenvalue weighted by Gasteiger charge is 2.14. The molecule has 33 heavy (non-hydrogen) atoms. The van der Waals surface area contributed by atoms with Crippen molar-refractivity contribution >= 4 is 27.5 Å². The molecule has 5 aromatic carbocycles. The second-order valence-corrected chi connectivity index (χ2v) is 8.24. The van der Waals surface area contributed by atoms with Gasteiger partial charge in [-0.1, -0.05) is 84.9 Å². The third-order valence-corrected chi connectivity index (χ3v) is 6.26. The number of fused-ring (bicyclic) bond motifs is 3. The standard InChI is InChI=1S/C30H22N2O/c31-22-15-18-27-26-9-4-5-12-28(26)32(29(27)19-22)23-16-13-21(14-17-23)25-11-6-10-24(30(25)33)20-7-2-1-3-8-20/h1-19,33H,31H2. The van der Waals surface area contributed by atoms with Crippen LogP contribution in [-0.4, -0.2) is 9.67 Å². The van der Waals surface area contributed by atoms with E-state index in [1.807, 2.05) is 60.7 Å². The van der Waals surface area contributed by atoms with E-state index in [0.29, 0.717) is 5.75 Å². The summed E-state index contributed by atoms with van der Waals surface area (Å²) >= 11 is 0. The molecule has 0 saturated heterocycles. The van der Waals surface area contributed by atoms with E-state index in [1.54, 1.807) is 0 Å². The molecule has 0 spiro atoms. The lowest BCUT2D eigenvalue weighted by Gasteiger charge is -2.12. The number of aromatic hydroxyl groups is 1. The SMILES string of the molecule is Nc1ccc2c3ccccc3n(-c3ccc(-c4cccc(-c5ccccc5)c4O)cc3)c2c1. The number of rotatable bonds is 3. The highest BCUT2D eigenvalue weighted by molar-refractivity contribution is 6.10. The van der Waals surface area contributed by atoms with E-state index in [-0.39, 0.29) is 0 Å². The molecule has 0 aliphatic heterocycles. The number of anilines is 1. The molecular formula is C30H22N2O. The predicted octanol–water partition coefficient (Wildman–Crippen LogP) is 7.41. The van der Waals surface area contributed by atoms with Crippen molar-refractivity contribution in [2.75, 3.05) is 5.73 Å². The Morgan fingerprint density at radius 3 is 1.94 bits per heavy atom. The number of nitrogens with two attached hydrogens (primary N) is 1. The van der Waals surface area contributed by atoms with E-state index >= 15 is 0 Å². The second kappa shape index (κ2) is 7.57. The van der Waals surface area contributed by atoms with Crippen LogP contribution in [-0.2, 0) is 0 Å². The van der Waals surface area contributed by atoms with Gasteiger partial charge in [0, 0.05) is 33.3 Å². The van der Waals surface area contributed by atoms with Gasteiger partial charge < -0.3 is 15.4 Å². The average Bonchev–Trinajstić information content (AvgIpc) is 3.18. The Balaban J connectivity index is 1.48. The number of aromatic nitrogens is 1. The van der Waals surface area contributed by atoms with Crippen molar-refractivity contribution in [3.8, 4) is 33.7 Å². The molecule has 0 radical (unpaired) electrons. The molecule has 3 nitrogen and oxygen atoms in total. The first-order chi connectivity index (χ1) is 16.2. The maximum Gasteiger partial charge on any atom is 0.131 e. The van der Waals surface area contributed by atoms with Crippen molar-refractivity contribution in [2.24, 2.45) is 0 Å². The molecule has 0 fully saturated rings. The van der Waals surface area contributed by atoms with Gasteiger partial charge in [-0.3, -0.25) is 0 Å². The summed E-state index contributed by atoms with van der Waals surface area (Å²) < 4.78 is 2.24. The molecular weight excluding hydrogens is 404 g/mol. The third-order valence-electron chi connectivity index (χ3n) is 6.26. The van der Waals surface area contributed by atoms with Crippen LogP contribution in [0.15, 0.2) is 115 Å². The molecule has 0 atom stereocenters. The van der Waals surface area contributed by atoms with Crippen molar-refractivity contribution < 1.29 is 5.11 Å². The van der Waals surface area contributed by atoms with E-state index in [0.717, 1.165) is 44.7 Å². The third kappa shape index (κ3) is 3.14. The van der Waals surface area contributed by atoms with E-state index in [4.69, 9.17) is 5.73 Å². The van der Waals surface area contributed by atoms with Gasteiger partial charge in [0.05, 0.1) is 11.0 Å². The Labute approximate surface area is 192 Å². The zero-order chi connectivity index (χ0) is 22.4. The highest BCUT2D eigenvalue weighted by Crippen LogP contribution is 2.39. The minimum Gasteiger partial charge on any atom is -0.507 e. The number of nitrogens with zero attached hydrogens (tertiary/aromatic N) is 1. The molecule has 0 unspecified atom stereocenters. The van der Waals surface area contributed by atoms with E-state index in [2.05, 4.69) is 59.2 Å². The Morgan fingerprint density at radius 2 is 1.18 bits per heavy atom. The van der Waals surface area contributed by atoms with Gasteiger partial charge in [-0.25, -0.2) is 0 Å². The van der Waals surface area contributed by atoms with Crippen LogP contribution in [0.1, 0.15) is 0 Å². The minimum atomic E-state index is 0.293. The van der Waals surface area contributed by atoms with Crippen LogP contribution >= 0.6 is 0 Å². The topological polar surface area (TPSA) is 51.2 Å². The van der Waals surface area contributed by atoms with Crippen molar-refractivity contribution in [2.45, 2.75) is 0 Å².